The number of halogens is 1. The van der Waals surface area contributed by atoms with Crippen molar-refractivity contribution in [2.45, 2.75) is 12.8 Å². The smallest absolute Gasteiger partial charge is 0.255 e. The van der Waals surface area contributed by atoms with Gasteiger partial charge in [0, 0.05) is 41.9 Å². The highest BCUT2D eigenvalue weighted by Crippen LogP contribution is 2.24. The molecule has 3 aromatic rings. The molecule has 0 aliphatic carbocycles. The van der Waals surface area contributed by atoms with Gasteiger partial charge in [-0.3, -0.25) is 9.71 Å². The zero-order valence-electron chi connectivity index (χ0n) is 18.1. The second-order valence-corrected chi connectivity index (χ2v) is 9.98. The third kappa shape index (κ3) is 6.97. The van der Waals surface area contributed by atoms with E-state index in [1.54, 1.807) is 48.5 Å². The maximum atomic E-state index is 12.3. The van der Waals surface area contributed by atoms with Crippen molar-refractivity contribution < 1.29 is 13.2 Å². The summed E-state index contributed by atoms with van der Waals surface area (Å²) >= 11 is 5.85. The number of nitrogens with one attached hydrogen (secondary N) is 1. The first kappa shape index (κ1) is 23.1. The third-order valence-electron chi connectivity index (χ3n) is 5.55. The molecule has 1 N–H and O–H groups in total. The van der Waals surface area contributed by atoms with Crippen LogP contribution in [0.2, 0.25) is 5.02 Å². The fourth-order valence-electron chi connectivity index (χ4n) is 3.69. The molecular formula is C25H26ClN3O3S. The maximum absolute atomic E-state index is 12.3. The summed E-state index contributed by atoms with van der Waals surface area (Å²) in [6.07, 6.45) is 7.31. The Labute approximate surface area is 199 Å². The number of aromatic nitrogens is 1. The van der Waals surface area contributed by atoms with E-state index in [0.29, 0.717) is 23.2 Å². The van der Waals surface area contributed by atoms with Crippen molar-refractivity contribution in [2.24, 2.45) is 5.92 Å². The fourth-order valence-corrected chi connectivity index (χ4v) is 4.68. The van der Waals surface area contributed by atoms with Crippen molar-refractivity contribution in [3.05, 3.63) is 89.1 Å². The Hall–Kier alpha value is -3.03. The minimum absolute atomic E-state index is 0.480. The minimum atomic E-state index is -3.63. The molecule has 6 nitrogen and oxygen atoms in total. The van der Waals surface area contributed by atoms with Crippen molar-refractivity contribution in [3.63, 3.8) is 0 Å². The van der Waals surface area contributed by atoms with Crippen LogP contribution in [0.25, 0.3) is 6.08 Å². The summed E-state index contributed by atoms with van der Waals surface area (Å²) in [4.78, 5) is 6.45. The predicted molar refractivity (Wildman–Crippen MR) is 134 cm³/mol. The molecule has 0 atom stereocenters. The number of nitrogens with zero attached hydrogens (tertiary/aromatic N) is 2. The summed E-state index contributed by atoms with van der Waals surface area (Å²) in [6.45, 7) is 2.66. The van der Waals surface area contributed by atoms with Crippen molar-refractivity contribution in [1.29, 1.82) is 0 Å². The van der Waals surface area contributed by atoms with Gasteiger partial charge in [-0.2, -0.15) is 0 Å². The van der Waals surface area contributed by atoms with Gasteiger partial charge in [0.15, 0.2) is 0 Å². The second-order valence-electron chi connectivity index (χ2n) is 7.97. The topological polar surface area (TPSA) is 71.5 Å². The van der Waals surface area contributed by atoms with Crippen LogP contribution in [0.15, 0.2) is 78.5 Å². The van der Waals surface area contributed by atoms with Gasteiger partial charge >= 0.3 is 0 Å². The molecule has 0 bridgehead atoms. The average molecular weight is 484 g/mol. The Morgan fingerprint density at radius 2 is 1.67 bits per heavy atom. The van der Waals surface area contributed by atoms with Crippen LogP contribution in [0.1, 0.15) is 18.4 Å². The number of pyridine rings is 1. The van der Waals surface area contributed by atoms with Gasteiger partial charge in [0.25, 0.3) is 10.0 Å². The summed E-state index contributed by atoms with van der Waals surface area (Å²) in [5, 5.41) is 1.74. The Bertz CT molecular complexity index is 1160. The van der Waals surface area contributed by atoms with Crippen LogP contribution in [0.5, 0.6) is 5.75 Å². The van der Waals surface area contributed by atoms with Crippen LogP contribution in [0.3, 0.4) is 0 Å². The molecule has 2 heterocycles. The molecule has 1 saturated heterocycles. The molecule has 1 aromatic heterocycles. The Morgan fingerprint density at radius 3 is 2.33 bits per heavy atom. The highest BCUT2D eigenvalue weighted by molar-refractivity contribution is 7.95. The normalized spacial score (nSPS) is 15.0. The zero-order chi connectivity index (χ0) is 23.1. The number of anilines is 2. The van der Waals surface area contributed by atoms with Crippen LogP contribution in [-0.2, 0) is 10.0 Å². The maximum Gasteiger partial charge on any atom is 0.255 e. The number of rotatable bonds is 8. The number of ether oxygens (including phenoxy) is 1. The molecule has 0 spiro atoms. The summed E-state index contributed by atoms with van der Waals surface area (Å²) in [7, 11) is -3.63. The SMILES string of the molecule is O=S(=O)(C=Cc1ccc(Cl)cc1)Nc1ccc(OCC2CCN(c3ccncc3)CC2)cc1. The lowest BCUT2D eigenvalue weighted by atomic mass is 9.97. The first-order valence-corrected chi connectivity index (χ1v) is 12.7. The molecule has 0 radical (unpaired) electrons. The zero-order valence-corrected chi connectivity index (χ0v) is 19.7. The van der Waals surface area contributed by atoms with Crippen LogP contribution < -0.4 is 14.4 Å². The standard InChI is InChI=1S/C25H26ClN3O3S/c26-22-3-1-20(2-4-22)13-18-33(30,31)28-23-5-7-25(8-6-23)32-19-21-11-16-29(17-12-21)24-9-14-27-15-10-24/h1-10,13-15,18,21,28H,11-12,16-17,19H2. The van der Waals surface area contributed by atoms with Gasteiger partial charge in [0.2, 0.25) is 0 Å². The van der Waals surface area contributed by atoms with E-state index < -0.39 is 10.0 Å². The number of benzene rings is 2. The molecule has 0 amide bonds. The molecule has 172 valence electrons. The van der Waals surface area contributed by atoms with Gasteiger partial charge in [-0.1, -0.05) is 23.7 Å². The van der Waals surface area contributed by atoms with E-state index in [-0.39, 0.29) is 0 Å². The van der Waals surface area contributed by atoms with Crippen LogP contribution in [-0.4, -0.2) is 33.1 Å². The Morgan fingerprint density at radius 1 is 1.00 bits per heavy atom. The van der Waals surface area contributed by atoms with E-state index >= 15 is 0 Å². The molecular weight excluding hydrogens is 458 g/mol. The first-order chi connectivity index (χ1) is 16.0. The Balaban J connectivity index is 1.24. The predicted octanol–water partition coefficient (Wildman–Crippen LogP) is 5.44. The summed E-state index contributed by atoms with van der Waals surface area (Å²) in [5.41, 5.74) is 2.44. The molecule has 4 rings (SSSR count). The van der Waals surface area contributed by atoms with Gasteiger partial charge < -0.3 is 9.64 Å². The van der Waals surface area contributed by atoms with Gasteiger partial charge in [-0.05, 0) is 78.9 Å². The highest BCUT2D eigenvalue weighted by Gasteiger charge is 2.20. The number of hydrogen-bond donors (Lipinski definition) is 1. The summed E-state index contributed by atoms with van der Waals surface area (Å²) in [6, 6.07) is 18.0. The van der Waals surface area contributed by atoms with Gasteiger partial charge in [-0.25, -0.2) is 8.42 Å². The lowest BCUT2D eigenvalue weighted by Gasteiger charge is -2.33. The molecule has 8 heteroatoms. The van der Waals surface area contributed by atoms with Crippen molar-refractivity contribution >= 4 is 39.1 Å². The molecule has 1 aliphatic heterocycles. The van der Waals surface area contributed by atoms with Crippen molar-refractivity contribution in [2.75, 3.05) is 29.3 Å². The lowest BCUT2D eigenvalue weighted by Crippen LogP contribution is -2.35. The lowest BCUT2D eigenvalue weighted by molar-refractivity contribution is 0.223. The number of sulfonamides is 1. The van der Waals surface area contributed by atoms with Crippen LogP contribution in [0, 0.1) is 5.92 Å². The van der Waals surface area contributed by atoms with E-state index in [4.69, 9.17) is 16.3 Å². The molecule has 1 fully saturated rings. The van der Waals surface area contributed by atoms with E-state index in [9.17, 15) is 8.42 Å². The molecule has 0 unspecified atom stereocenters. The summed E-state index contributed by atoms with van der Waals surface area (Å²) < 4.78 is 33.2. The molecule has 2 aromatic carbocycles. The van der Waals surface area contributed by atoms with E-state index in [1.165, 1.54) is 11.8 Å². The average Bonchev–Trinajstić information content (AvgIpc) is 2.84. The quantitative estimate of drug-likeness (QED) is 0.461. The van der Waals surface area contributed by atoms with Gasteiger partial charge in [0.05, 0.1) is 12.0 Å². The Kier molecular flexibility index (Phi) is 7.52. The van der Waals surface area contributed by atoms with E-state index in [1.807, 2.05) is 24.5 Å². The van der Waals surface area contributed by atoms with Crippen molar-refractivity contribution in [1.82, 2.24) is 4.98 Å². The van der Waals surface area contributed by atoms with E-state index in [0.717, 1.165) is 42.7 Å². The summed E-state index contributed by atoms with van der Waals surface area (Å²) in [5.74, 6) is 1.23. The first-order valence-electron chi connectivity index (χ1n) is 10.8. The van der Waals surface area contributed by atoms with Crippen LogP contribution >= 0.6 is 11.6 Å². The van der Waals surface area contributed by atoms with E-state index in [2.05, 4.69) is 14.6 Å². The third-order valence-corrected chi connectivity index (χ3v) is 6.82. The largest absolute Gasteiger partial charge is 0.493 e. The highest BCUT2D eigenvalue weighted by atomic mass is 35.5. The fraction of sp³-hybridized carbons (Fsp3) is 0.240. The van der Waals surface area contributed by atoms with Crippen molar-refractivity contribution in [3.8, 4) is 5.75 Å². The molecule has 1 aliphatic rings. The molecule has 0 saturated carbocycles. The van der Waals surface area contributed by atoms with Crippen LogP contribution in [0.4, 0.5) is 11.4 Å². The second kappa shape index (κ2) is 10.7. The van der Waals surface area contributed by atoms with Gasteiger partial charge in [-0.15, -0.1) is 0 Å². The number of hydrogen-bond acceptors (Lipinski definition) is 5. The van der Waals surface area contributed by atoms with Gasteiger partial charge in [0.1, 0.15) is 5.75 Å². The monoisotopic (exact) mass is 483 g/mol. The molecule has 33 heavy (non-hydrogen) atoms. The minimum Gasteiger partial charge on any atom is -0.493 e. The number of piperidine rings is 1.